The Morgan fingerprint density at radius 2 is 2.13 bits per heavy atom. The Balaban J connectivity index is 2.26. The minimum Gasteiger partial charge on any atom is -0.502 e. The summed E-state index contributed by atoms with van der Waals surface area (Å²) < 4.78 is 0. The highest BCUT2D eigenvalue weighted by atomic mass is 16.6. The van der Waals surface area contributed by atoms with E-state index in [1.165, 1.54) is 12.1 Å². The second kappa shape index (κ2) is 3.20. The van der Waals surface area contributed by atoms with Gasteiger partial charge in [-0.15, -0.1) is 0 Å². The van der Waals surface area contributed by atoms with Crippen LogP contribution in [0.4, 0.5) is 5.69 Å². The van der Waals surface area contributed by atoms with Gasteiger partial charge in [0.1, 0.15) is 0 Å². The van der Waals surface area contributed by atoms with Crippen molar-refractivity contribution in [2.75, 3.05) is 0 Å². The lowest BCUT2D eigenvalue weighted by atomic mass is 10.1. The van der Waals surface area contributed by atoms with Crippen LogP contribution in [0.3, 0.4) is 0 Å². The molecular formula is C10H11NO4. The molecule has 0 bridgehead atoms. The van der Waals surface area contributed by atoms with Crippen LogP contribution in [0.1, 0.15) is 18.4 Å². The Kier molecular flexibility index (Phi) is 2.12. The van der Waals surface area contributed by atoms with Gasteiger partial charge < -0.3 is 10.2 Å². The van der Waals surface area contributed by atoms with E-state index in [-0.39, 0.29) is 11.4 Å². The van der Waals surface area contributed by atoms with E-state index in [0.29, 0.717) is 12.0 Å². The second-order valence-electron chi connectivity index (χ2n) is 3.98. The molecule has 0 aliphatic heterocycles. The van der Waals surface area contributed by atoms with Gasteiger partial charge in [-0.25, -0.2) is 0 Å². The van der Waals surface area contributed by atoms with Crippen LogP contribution in [0.2, 0.25) is 0 Å². The summed E-state index contributed by atoms with van der Waals surface area (Å²) in [5, 5.41) is 29.4. The molecule has 0 spiro atoms. The molecular weight excluding hydrogens is 198 g/mol. The molecule has 1 aromatic rings. The molecule has 0 atom stereocenters. The van der Waals surface area contributed by atoms with Crippen LogP contribution in [0.25, 0.3) is 0 Å². The van der Waals surface area contributed by atoms with Gasteiger partial charge in [0.25, 0.3) is 0 Å². The van der Waals surface area contributed by atoms with E-state index in [0.717, 1.165) is 12.8 Å². The van der Waals surface area contributed by atoms with E-state index in [2.05, 4.69) is 0 Å². The Bertz CT molecular complexity index is 412. The summed E-state index contributed by atoms with van der Waals surface area (Å²) in [6, 6.07) is 4.20. The molecule has 0 saturated heterocycles. The predicted octanol–water partition coefficient (Wildman–Crippen LogP) is 1.37. The number of nitro benzene ring substituents is 1. The summed E-state index contributed by atoms with van der Waals surface area (Å²) >= 11 is 0. The molecule has 0 radical (unpaired) electrons. The number of phenolic OH excluding ortho intramolecular Hbond substituents is 1. The van der Waals surface area contributed by atoms with Crippen LogP contribution >= 0.6 is 0 Å². The molecule has 1 saturated carbocycles. The number of nitro groups is 1. The predicted molar refractivity (Wildman–Crippen MR) is 52.6 cm³/mol. The maximum atomic E-state index is 10.5. The van der Waals surface area contributed by atoms with Gasteiger partial charge in [-0.1, -0.05) is 6.07 Å². The van der Waals surface area contributed by atoms with E-state index in [1.807, 2.05) is 0 Å². The summed E-state index contributed by atoms with van der Waals surface area (Å²) in [5.41, 5.74) is -0.304. The number of aliphatic hydroxyl groups is 1. The van der Waals surface area contributed by atoms with Crippen LogP contribution in [-0.2, 0) is 6.42 Å². The molecule has 2 N–H and O–H groups in total. The van der Waals surface area contributed by atoms with Crippen LogP contribution in [-0.4, -0.2) is 20.7 Å². The number of aromatic hydroxyl groups is 1. The number of hydrogen-bond donors (Lipinski definition) is 2. The van der Waals surface area contributed by atoms with Gasteiger partial charge >= 0.3 is 5.69 Å². The number of hydrogen-bond acceptors (Lipinski definition) is 4. The van der Waals surface area contributed by atoms with E-state index in [4.69, 9.17) is 0 Å². The van der Waals surface area contributed by atoms with Crippen LogP contribution in [0.5, 0.6) is 5.75 Å². The van der Waals surface area contributed by atoms with Crippen molar-refractivity contribution in [3.8, 4) is 5.75 Å². The summed E-state index contributed by atoms with van der Waals surface area (Å²) in [4.78, 5) is 9.91. The van der Waals surface area contributed by atoms with E-state index >= 15 is 0 Å². The molecule has 1 aliphatic carbocycles. The molecule has 5 heteroatoms. The highest BCUT2D eigenvalue weighted by Gasteiger charge is 2.40. The zero-order valence-corrected chi connectivity index (χ0v) is 8.01. The minimum absolute atomic E-state index is 0.309. The smallest absolute Gasteiger partial charge is 0.310 e. The lowest BCUT2D eigenvalue weighted by Crippen LogP contribution is -2.10. The second-order valence-corrected chi connectivity index (χ2v) is 3.98. The first-order valence-electron chi connectivity index (χ1n) is 4.69. The van der Waals surface area contributed by atoms with Crippen molar-refractivity contribution in [3.63, 3.8) is 0 Å². The maximum absolute atomic E-state index is 10.5. The Labute approximate surface area is 86.1 Å². The number of nitrogens with zero attached hydrogens (tertiary/aromatic N) is 1. The summed E-state index contributed by atoms with van der Waals surface area (Å²) in [5.74, 6) is -0.341. The summed E-state index contributed by atoms with van der Waals surface area (Å²) in [7, 11) is 0. The SMILES string of the molecule is O=[N+]([O-])c1cc(CC2(O)CC2)ccc1O. The molecule has 1 aliphatic rings. The largest absolute Gasteiger partial charge is 0.502 e. The lowest BCUT2D eigenvalue weighted by molar-refractivity contribution is -0.385. The zero-order valence-electron chi connectivity index (χ0n) is 8.01. The van der Waals surface area contributed by atoms with E-state index < -0.39 is 10.5 Å². The highest BCUT2D eigenvalue weighted by Crippen LogP contribution is 2.39. The third-order valence-corrected chi connectivity index (χ3v) is 2.60. The molecule has 0 unspecified atom stereocenters. The van der Waals surface area contributed by atoms with E-state index in [1.54, 1.807) is 6.07 Å². The Hall–Kier alpha value is -1.62. The van der Waals surface area contributed by atoms with Crippen LogP contribution in [0, 0.1) is 10.1 Å². The average Bonchev–Trinajstić information content (AvgIpc) is 2.87. The molecule has 1 fully saturated rings. The highest BCUT2D eigenvalue weighted by molar-refractivity contribution is 5.48. The maximum Gasteiger partial charge on any atom is 0.310 e. The van der Waals surface area contributed by atoms with Gasteiger partial charge in [0, 0.05) is 12.5 Å². The number of rotatable bonds is 3. The van der Waals surface area contributed by atoms with Crippen molar-refractivity contribution in [1.29, 1.82) is 0 Å². The average molecular weight is 209 g/mol. The molecule has 0 aromatic heterocycles. The topological polar surface area (TPSA) is 83.6 Å². The van der Waals surface area contributed by atoms with Crippen molar-refractivity contribution in [3.05, 3.63) is 33.9 Å². The minimum atomic E-state index is -0.676. The van der Waals surface area contributed by atoms with Gasteiger partial charge in [-0.3, -0.25) is 10.1 Å². The molecule has 80 valence electrons. The van der Waals surface area contributed by atoms with E-state index in [9.17, 15) is 20.3 Å². The zero-order chi connectivity index (χ0) is 11.1. The Morgan fingerprint density at radius 3 is 2.67 bits per heavy atom. The fourth-order valence-electron chi connectivity index (χ4n) is 1.53. The molecule has 2 rings (SSSR count). The number of benzene rings is 1. The third kappa shape index (κ3) is 2.07. The quantitative estimate of drug-likeness (QED) is 0.581. The normalized spacial score (nSPS) is 17.4. The van der Waals surface area contributed by atoms with Crippen molar-refractivity contribution >= 4 is 5.69 Å². The van der Waals surface area contributed by atoms with Gasteiger partial charge in [0.05, 0.1) is 10.5 Å². The lowest BCUT2D eigenvalue weighted by Gasteiger charge is -2.07. The molecule has 5 nitrogen and oxygen atoms in total. The van der Waals surface area contributed by atoms with Crippen LogP contribution < -0.4 is 0 Å². The van der Waals surface area contributed by atoms with Crippen molar-refractivity contribution < 1.29 is 15.1 Å². The van der Waals surface area contributed by atoms with Crippen molar-refractivity contribution in [2.24, 2.45) is 0 Å². The standard InChI is InChI=1S/C10H11NO4/c12-9-2-1-7(5-8(9)11(14)15)6-10(13)3-4-10/h1-2,5,12-13H,3-4,6H2. The van der Waals surface area contributed by atoms with Crippen LogP contribution in [0.15, 0.2) is 18.2 Å². The first kappa shape index (κ1) is 9.92. The van der Waals surface area contributed by atoms with Gasteiger partial charge in [-0.05, 0) is 24.5 Å². The summed E-state index contributed by atoms with van der Waals surface area (Å²) in [6.07, 6.45) is 1.89. The van der Waals surface area contributed by atoms with Gasteiger partial charge in [0.2, 0.25) is 0 Å². The monoisotopic (exact) mass is 209 g/mol. The molecule has 15 heavy (non-hydrogen) atoms. The first-order valence-corrected chi connectivity index (χ1v) is 4.69. The Morgan fingerprint density at radius 1 is 1.47 bits per heavy atom. The fraction of sp³-hybridized carbons (Fsp3) is 0.400. The van der Waals surface area contributed by atoms with Crippen molar-refractivity contribution in [1.82, 2.24) is 0 Å². The van der Waals surface area contributed by atoms with Gasteiger partial charge in [-0.2, -0.15) is 0 Å². The summed E-state index contributed by atoms with van der Waals surface area (Å²) in [6.45, 7) is 0. The molecule has 0 amide bonds. The fourth-order valence-corrected chi connectivity index (χ4v) is 1.53. The first-order chi connectivity index (χ1) is 7.00. The number of phenols is 1. The molecule has 0 heterocycles. The third-order valence-electron chi connectivity index (χ3n) is 2.60. The molecule has 1 aromatic carbocycles. The van der Waals surface area contributed by atoms with Crippen molar-refractivity contribution in [2.45, 2.75) is 24.9 Å². The van der Waals surface area contributed by atoms with Gasteiger partial charge in [0.15, 0.2) is 5.75 Å².